The van der Waals surface area contributed by atoms with Gasteiger partial charge in [0, 0.05) is 5.92 Å². The summed E-state index contributed by atoms with van der Waals surface area (Å²) in [7, 11) is 0. The number of benzene rings is 1. The lowest BCUT2D eigenvalue weighted by Gasteiger charge is -2.14. The lowest BCUT2D eigenvalue weighted by Crippen LogP contribution is -2.10. The zero-order valence-electron chi connectivity index (χ0n) is 8.74. The number of hydrogen-bond donors (Lipinski definition) is 1. The molecule has 2 atom stereocenters. The van der Waals surface area contributed by atoms with Gasteiger partial charge in [-0.15, -0.1) is 0 Å². The predicted octanol–water partition coefficient (Wildman–Crippen LogP) is 2.88. The molecular weight excluding hydrogens is 172 g/mol. The van der Waals surface area contributed by atoms with E-state index in [0.717, 1.165) is 19.3 Å². The fourth-order valence-corrected chi connectivity index (χ4v) is 2.33. The number of rotatable bonds is 2. The van der Waals surface area contributed by atoms with Gasteiger partial charge < -0.3 is 5.11 Å². The quantitative estimate of drug-likeness (QED) is 0.760. The molecule has 0 heterocycles. The van der Waals surface area contributed by atoms with E-state index in [1.165, 1.54) is 17.5 Å². The highest BCUT2D eigenvalue weighted by Gasteiger charge is 2.26. The molecule has 0 aliphatic heterocycles. The number of aryl methyl sites for hydroxylation is 1. The molecule has 1 aromatic carbocycles. The summed E-state index contributed by atoms with van der Waals surface area (Å²) in [5, 5.41) is 9.77. The summed E-state index contributed by atoms with van der Waals surface area (Å²) in [6, 6.07) is 8.72. The van der Waals surface area contributed by atoms with Crippen molar-refractivity contribution in [2.24, 2.45) is 0 Å². The van der Waals surface area contributed by atoms with Crippen LogP contribution < -0.4 is 0 Å². The van der Waals surface area contributed by atoms with Crippen LogP contribution in [0.3, 0.4) is 0 Å². The monoisotopic (exact) mass is 190 g/mol. The smallest absolute Gasteiger partial charge is 0.0608 e. The first-order valence-corrected chi connectivity index (χ1v) is 5.58. The average Bonchev–Trinajstić information content (AvgIpc) is 2.65. The van der Waals surface area contributed by atoms with Crippen LogP contribution in [-0.4, -0.2) is 11.2 Å². The first kappa shape index (κ1) is 9.72. The molecule has 14 heavy (non-hydrogen) atoms. The maximum Gasteiger partial charge on any atom is 0.0608 e. The van der Waals surface area contributed by atoms with Crippen LogP contribution in [0.2, 0.25) is 0 Å². The lowest BCUT2D eigenvalue weighted by atomic mass is 9.95. The molecule has 0 radical (unpaired) electrons. The minimum Gasteiger partial charge on any atom is -0.392 e. The minimum absolute atomic E-state index is 0.109. The Labute approximate surface area is 85.8 Å². The van der Waals surface area contributed by atoms with Gasteiger partial charge in [0.2, 0.25) is 0 Å². The summed E-state index contributed by atoms with van der Waals surface area (Å²) in [4.78, 5) is 0. The summed E-state index contributed by atoms with van der Waals surface area (Å²) < 4.78 is 0. The molecule has 0 unspecified atom stereocenters. The van der Waals surface area contributed by atoms with E-state index in [-0.39, 0.29) is 6.10 Å². The molecule has 1 N–H and O–H groups in total. The predicted molar refractivity (Wildman–Crippen MR) is 58.4 cm³/mol. The van der Waals surface area contributed by atoms with Crippen molar-refractivity contribution in [3.8, 4) is 0 Å². The molecule has 0 aromatic heterocycles. The van der Waals surface area contributed by atoms with Crippen LogP contribution in [0, 0.1) is 0 Å². The van der Waals surface area contributed by atoms with E-state index < -0.39 is 0 Å². The van der Waals surface area contributed by atoms with Crippen LogP contribution in [0.25, 0.3) is 0 Å². The minimum atomic E-state index is -0.109. The van der Waals surface area contributed by atoms with Gasteiger partial charge in [-0.1, -0.05) is 37.6 Å². The number of aliphatic hydroxyl groups is 1. The van der Waals surface area contributed by atoms with Gasteiger partial charge in [-0.2, -0.15) is 0 Å². The highest BCUT2D eigenvalue weighted by molar-refractivity contribution is 5.26. The maximum absolute atomic E-state index is 9.77. The molecule has 1 nitrogen and oxygen atoms in total. The molecular formula is C13H18O. The normalized spacial score (nSPS) is 26.7. The second-order valence-corrected chi connectivity index (χ2v) is 4.20. The van der Waals surface area contributed by atoms with E-state index in [4.69, 9.17) is 0 Å². The van der Waals surface area contributed by atoms with Gasteiger partial charge in [-0.25, -0.2) is 0 Å². The van der Waals surface area contributed by atoms with Crippen molar-refractivity contribution < 1.29 is 5.11 Å². The summed E-state index contributed by atoms with van der Waals surface area (Å²) in [6.07, 6.45) is 4.27. The maximum atomic E-state index is 9.77. The van der Waals surface area contributed by atoms with Crippen LogP contribution in [0.1, 0.15) is 43.2 Å². The van der Waals surface area contributed by atoms with Crippen molar-refractivity contribution in [2.45, 2.75) is 44.6 Å². The van der Waals surface area contributed by atoms with E-state index in [1.54, 1.807) is 0 Å². The molecule has 1 aliphatic rings. The number of aliphatic hydroxyl groups excluding tert-OH is 1. The third-order valence-electron chi connectivity index (χ3n) is 3.30. The average molecular weight is 190 g/mol. The van der Waals surface area contributed by atoms with E-state index in [9.17, 15) is 5.11 Å². The van der Waals surface area contributed by atoms with Crippen molar-refractivity contribution in [3.63, 3.8) is 0 Å². The summed E-state index contributed by atoms with van der Waals surface area (Å²) in [6.45, 7) is 2.17. The zero-order valence-corrected chi connectivity index (χ0v) is 8.74. The molecule has 1 fully saturated rings. The molecule has 0 saturated heterocycles. The molecule has 0 bridgehead atoms. The fraction of sp³-hybridized carbons (Fsp3) is 0.538. The van der Waals surface area contributed by atoms with Gasteiger partial charge in [0.1, 0.15) is 0 Å². The second kappa shape index (κ2) is 4.14. The van der Waals surface area contributed by atoms with E-state index in [1.807, 2.05) is 0 Å². The van der Waals surface area contributed by atoms with Gasteiger partial charge in [0.05, 0.1) is 6.10 Å². The highest BCUT2D eigenvalue weighted by atomic mass is 16.3. The van der Waals surface area contributed by atoms with Gasteiger partial charge >= 0.3 is 0 Å². The Balaban J connectivity index is 2.16. The standard InChI is InChI=1S/C13H18O/c1-2-10-6-8-11(9-7-10)12-4-3-5-13(12)14/h6-9,12-14H,2-5H2,1H3/t12-,13+/m1/s1. The third kappa shape index (κ3) is 1.83. The SMILES string of the molecule is CCc1ccc([C@H]2CCC[C@@H]2O)cc1. The van der Waals surface area contributed by atoms with E-state index in [0.29, 0.717) is 5.92 Å². The van der Waals surface area contributed by atoms with Gasteiger partial charge in [0.25, 0.3) is 0 Å². The first-order chi connectivity index (χ1) is 6.81. The summed E-state index contributed by atoms with van der Waals surface area (Å²) in [5.41, 5.74) is 2.69. The van der Waals surface area contributed by atoms with E-state index >= 15 is 0 Å². The molecule has 1 heteroatoms. The van der Waals surface area contributed by atoms with Gasteiger partial charge in [0.15, 0.2) is 0 Å². The largest absolute Gasteiger partial charge is 0.392 e. The van der Waals surface area contributed by atoms with Crippen molar-refractivity contribution in [3.05, 3.63) is 35.4 Å². The van der Waals surface area contributed by atoms with Crippen molar-refractivity contribution in [2.75, 3.05) is 0 Å². The van der Waals surface area contributed by atoms with Crippen molar-refractivity contribution >= 4 is 0 Å². The zero-order chi connectivity index (χ0) is 9.97. The van der Waals surface area contributed by atoms with Crippen molar-refractivity contribution in [1.82, 2.24) is 0 Å². The summed E-state index contributed by atoms with van der Waals surface area (Å²) >= 11 is 0. The van der Waals surface area contributed by atoms with Crippen LogP contribution in [0.4, 0.5) is 0 Å². The van der Waals surface area contributed by atoms with Gasteiger partial charge in [-0.05, 0) is 30.4 Å². The van der Waals surface area contributed by atoms with Gasteiger partial charge in [-0.3, -0.25) is 0 Å². The third-order valence-corrected chi connectivity index (χ3v) is 3.30. The highest BCUT2D eigenvalue weighted by Crippen LogP contribution is 2.34. The molecule has 1 aromatic rings. The Bertz CT molecular complexity index is 289. The van der Waals surface area contributed by atoms with E-state index in [2.05, 4.69) is 31.2 Å². The lowest BCUT2D eigenvalue weighted by molar-refractivity contribution is 0.164. The first-order valence-electron chi connectivity index (χ1n) is 5.58. The van der Waals surface area contributed by atoms with Crippen LogP contribution in [0.15, 0.2) is 24.3 Å². The Morgan fingerprint density at radius 1 is 1.21 bits per heavy atom. The fourth-order valence-electron chi connectivity index (χ4n) is 2.33. The summed E-state index contributed by atoms with van der Waals surface area (Å²) in [5.74, 6) is 0.390. The Morgan fingerprint density at radius 3 is 2.43 bits per heavy atom. The van der Waals surface area contributed by atoms with Crippen LogP contribution in [-0.2, 0) is 6.42 Å². The van der Waals surface area contributed by atoms with Crippen molar-refractivity contribution in [1.29, 1.82) is 0 Å². The molecule has 76 valence electrons. The topological polar surface area (TPSA) is 20.2 Å². The Kier molecular flexibility index (Phi) is 2.87. The Morgan fingerprint density at radius 2 is 1.93 bits per heavy atom. The molecule has 1 aliphatic carbocycles. The van der Waals surface area contributed by atoms with Crippen LogP contribution in [0.5, 0.6) is 0 Å². The molecule has 2 rings (SSSR count). The Hall–Kier alpha value is -0.820. The number of hydrogen-bond acceptors (Lipinski definition) is 1. The van der Waals surface area contributed by atoms with Crippen LogP contribution >= 0.6 is 0 Å². The molecule has 0 amide bonds. The second-order valence-electron chi connectivity index (χ2n) is 4.20. The molecule has 1 saturated carbocycles. The molecule has 0 spiro atoms.